The van der Waals surface area contributed by atoms with Crippen LogP contribution >= 0.6 is 0 Å². The summed E-state index contributed by atoms with van der Waals surface area (Å²) in [6.07, 6.45) is 4.04. The van der Waals surface area contributed by atoms with Gasteiger partial charge in [-0.3, -0.25) is 4.79 Å². The van der Waals surface area contributed by atoms with Crippen molar-refractivity contribution in [3.05, 3.63) is 24.0 Å². The first-order chi connectivity index (χ1) is 12.2. The number of nitrogens with zero attached hydrogens (tertiary/aromatic N) is 3. The molecule has 7 nitrogen and oxygen atoms in total. The van der Waals surface area contributed by atoms with E-state index in [2.05, 4.69) is 5.32 Å². The Morgan fingerprint density at radius 1 is 1.35 bits per heavy atom. The molecule has 0 atom stereocenters. The normalized spacial score (nSPS) is 14.2. The molecule has 1 fully saturated rings. The number of urea groups is 1. The Morgan fingerprint density at radius 3 is 2.54 bits per heavy atom. The summed E-state index contributed by atoms with van der Waals surface area (Å²) >= 11 is 0. The van der Waals surface area contributed by atoms with E-state index in [4.69, 9.17) is 4.74 Å². The first-order valence-electron chi connectivity index (χ1n) is 9.17. The lowest BCUT2D eigenvalue weighted by atomic mass is 10.1. The Hall–Kier alpha value is -2.02. The molecule has 1 aliphatic carbocycles. The topological polar surface area (TPSA) is 66.8 Å². The third kappa shape index (κ3) is 6.05. The third-order valence-corrected chi connectivity index (χ3v) is 4.35. The van der Waals surface area contributed by atoms with Gasteiger partial charge in [0.05, 0.1) is 13.2 Å². The molecule has 0 unspecified atom stereocenters. The van der Waals surface area contributed by atoms with Crippen molar-refractivity contribution in [1.82, 2.24) is 19.7 Å². The molecular formula is C19H32N4O3. The molecule has 1 heterocycles. The molecule has 146 valence electrons. The first kappa shape index (κ1) is 20.3. The van der Waals surface area contributed by atoms with E-state index in [0.29, 0.717) is 19.7 Å². The van der Waals surface area contributed by atoms with Gasteiger partial charge in [-0.1, -0.05) is 0 Å². The zero-order chi connectivity index (χ0) is 19.3. The molecule has 0 aromatic carbocycles. The first-order valence-corrected chi connectivity index (χ1v) is 9.17. The Morgan fingerprint density at radius 2 is 2.04 bits per heavy atom. The zero-order valence-electron chi connectivity index (χ0n) is 16.6. The molecule has 2 rings (SSSR count). The van der Waals surface area contributed by atoms with Gasteiger partial charge in [0.15, 0.2) is 0 Å². The lowest BCUT2D eigenvalue weighted by molar-refractivity contribution is -0.133. The van der Waals surface area contributed by atoms with Crippen LogP contribution in [0.2, 0.25) is 0 Å². The van der Waals surface area contributed by atoms with Gasteiger partial charge in [-0.2, -0.15) is 0 Å². The number of hydrogen-bond donors (Lipinski definition) is 1. The molecule has 0 bridgehead atoms. The second-order valence-electron chi connectivity index (χ2n) is 7.96. The minimum Gasteiger partial charge on any atom is -0.383 e. The average molecular weight is 364 g/mol. The summed E-state index contributed by atoms with van der Waals surface area (Å²) in [5.74, 6) is -0.0196. The number of rotatable bonds is 8. The number of hydrogen-bond acceptors (Lipinski definition) is 3. The van der Waals surface area contributed by atoms with Crippen molar-refractivity contribution in [3.63, 3.8) is 0 Å². The summed E-state index contributed by atoms with van der Waals surface area (Å²) in [7, 11) is 3.57. The standard InChI is InChI=1S/C19H32N4O3/c1-19(2,3)20-18(25)22(11-12-26-5)14-17(24)23(15-8-9-15)13-16-7-6-10-21(16)4/h6-7,10,15H,8-9,11-14H2,1-5H3,(H,20,25). The van der Waals surface area contributed by atoms with Crippen LogP contribution in [0.4, 0.5) is 4.79 Å². The summed E-state index contributed by atoms with van der Waals surface area (Å²) in [6.45, 7) is 7.18. The molecule has 0 radical (unpaired) electrons. The van der Waals surface area contributed by atoms with Crippen LogP contribution in [0.3, 0.4) is 0 Å². The number of aryl methyl sites for hydroxylation is 1. The highest BCUT2D eigenvalue weighted by atomic mass is 16.5. The Labute approximate surface area is 156 Å². The summed E-state index contributed by atoms with van der Waals surface area (Å²) < 4.78 is 7.13. The van der Waals surface area contributed by atoms with Crippen LogP contribution in [0.1, 0.15) is 39.3 Å². The van der Waals surface area contributed by atoms with E-state index in [1.807, 2.05) is 55.6 Å². The van der Waals surface area contributed by atoms with Gasteiger partial charge < -0.3 is 24.4 Å². The highest BCUT2D eigenvalue weighted by Crippen LogP contribution is 2.28. The Balaban J connectivity index is 2.05. The quantitative estimate of drug-likeness (QED) is 0.767. The predicted octanol–water partition coefficient (Wildman–Crippen LogP) is 1.97. The van der Waals surface area contributed by atoms with Gasteiger partial charge in [0.25, 0.3) is 0 Å². The molecule has 1 aromatic heterocycles. The van der Waals surface area contributed by atoms with E-state index in [9.17, 15) is 9.59 Å². The molecule has 1 aliphatic rings. The molecule has 1 saturated carbocycles. The average Bonchev–Trinajstić information content (AvgIpc) is 3.30. The van der Waals surface area contributed by atoms with E-state index in [1.165, 1.54) is 4.90 Å². The molecule has 0 saturated heterocycles. The van der Waals surface area contributed by atoms with Crippen molar-refractivity contribution in [2.24, 2.45) is 7.05 Å². The Kier molecular flexibility index (Phi) is 6.69. The third-order valence-electron chi connectivity index (χ3n) is 4.35. The van der Waals surface area contributed by atoms with Crippen LogP contribution < -0.4 is 5.32 Å². The van der Waals surface area contributed by atoms with Crippen molar-refractivity contribution in [2.75, 3.05) is 26.8 Å². The van der Waals surface area contributed by atoms with Crippen molar-refractivity contribution in [2.45, 2.75) is 51.7 Å². The maximum atomic E-state index is 13.0. The highest BCUT2D eigenvalue weighted by molar-refractivity contribution is 5.84. The zero-order valence-corrected chi connectivity index (χ0v) is 16.6. The van der Waals surface area contributed by atoms with E-state index < -0.39 is 0 Å². The Bertz CT molecular complexity index is 617. The smallest absolute Gasteiger partial charge is 0.318 e. The van der Waals surface area contributed by atoms with Gasteiger partial charge in [0, 0.05) is 44.2 Å². The minimum absolute atomic E-state index is 0.0196. The van der Waals surface area contributed by atoms with Gasteiger partial charge in [-0.15, -0.1) is 0 Å². The van der Waals surface area contributed by atoms with Crippen LogP contribution in [-0.2, 0) is 23.1 Å². The fourth-order valence-corrected chi connectivity index (χ4v) is 2.75. The van der Waals surface area contributed by atoms with Gasteiger partial charge in [0.2, 0.25) is 5.91 Å². The van der Waals surface area contributed by atoms with Crippen molar-refractivity contribution in [1.29, 1.82) is 0 Å². The molecule has 0 aliphatic heterocycles. The molecule has 1 aromatic rings. The van der Waals surface area contributed by atoms with Crippen molar-refractivity contribution >= 4 is 11.9 Å². The van der Waals surface area contributed by atoms with Crippen LogP contribution in [0, 0.1) is 0 Å². The number of amides is 3. The number of nitrogens with one attached hydrogen (secondary N) is 1. The van der Waals surface area contributed by atoms with Gasteiger partial charge in [-0.25, -0.2) is 4.79 Å². The van der Waals surface area contributed by atoms with Gasteiger partial charge >= 0.3 is 6.03 Å². The van der Waals surface area contributed by atoms with E-state index in [0.717, 1.165) is 18.5 Å². The van der Waals surface area contributed by atoms with E-state index in [1.54, 1.807) is 7.11 Å². The second-order valence-corrected chi connectivity index (χ2v) is 7.96. The lowest BCUT2D eigenvalue weighted by Gasteiger charge is -2.30. The molecule has 0 spiro atoms. The number of methoxy groups -OCH3 is 1. The molecular weight excluding hydrogens is 332 g/mol. The number of aromatic nitrogens is 1. The molecule has 3 amide bonds. The van der Waals surface area contributed by atoms with Gasteiger partial charge in [-0.05, 0) is 45.7 Å². The lowest BCUT2D eigenvalue weighted by Crippen LogP contribution is -2.52. The van der Waals surface area contributed by atoms with Crippen molar-refractivity contribution in [3.8, 4) is 0 Å². The van der Waals surface area contributed by atoms with Crippen LogP contribution in [-0.4, -0.2) is 64.7 Å². The fraction of sp³-hybridized carbons (Fsp3) is 0.684. The van der Waals surface area contributed by atoms with E-state index >= 15 is 0 Å². The van der Waals surface area contributed by atoms with Crippen LogP contribution in [0.25, 0.3) is 0 Å². The monoisotopic (exact) mass is 364 g/mol. The maximum Gasteiger partial charge on any atom is 0.318 e. The van der Waals surface area contributed by atoms with Crippen molar-refractivity contribution < 1.29 is 14.3 Å². The molecule has 7 heteroatoms. The summed E-state index contributed by atoms with van der Waals surface area (Å²) in [6, 6.07) is 4.05. The largest absolute Gasteiger partial charge is 0.383 e. The molecule has 26 heavy (non-hydrogen) atoms. The number of ether oxygens (including phenoxy) is 1. The van der Waals surface area contributed by atoms with E-state index in [-0.39, 0.29) is 30.1 Å². The second kappa shape index (κ2) is 8.58. The SMILES string of the molecule is COCCN(CC(=O)N(Cc1cccn1C)C1CC1)C(=O)NC(C)(C)C. The number of carbonyl (C=O) groups excluding carboxylic acids is 2. The fourth-order valence-electron chi connectivity index (χ4n) is 2.75. The maximum absolute atomic E-state index is 13.0. The number of carbonyl (C=O) groups is 2. The summed E-state index contributed by atoms with van der Waals surface area (Å²) in [5, 5.41) is 2.93. The summed E-state index contributed by atoms with van der Waals surface area (Å²) in [4.78, 5) is 29.0. The van der Waals surface area contributed by atoms with Crippen LogP contribution in [0.15, 0.2) is 18.3 Å². The minimum atomic E-state index is -0.356. The highest BCUT2D eigenvalue weighted by Gasteiger charge is 2.34. The molecule has 1 N–H and O–H groups in total. The predicted molar refractivity (Wildman–Crippen MR) is 101 cm³/mol. The van der Waals surface area contributed by atoms with Crippen LogP contribution in [0.5, 0.6) is 0 Å². The summed E-state index contributed by atoms with van der Waals surface area (Å²) in [5.41, 5.74) is 0.734. The van der Waals surface area contributed by atoms with Gasteiger partial charge in [0.1, 0.15) is 6.54 Å².